The lowest BCUT2D eigenvalue weighted by molar-refractivity contribution is 0.469. The number of benzene rings is 2. The summed E-state index contributed by atoms with van der Waals surface area (Å²) in [5, 5.41) is 2.67. The van der Waals surface area contributed by atoms with E-state index in [4.69, 9.17) is 17.5 Å². The molecule has 2 atom stereocenters. The monoisotopic (exact) mass is 1290 g/mol. The number of hydrogen-bond donors (Lipinski definition) is 0. The molecule has 0 saturated heterocycles. The Morgan fingerprint density at radius 1 is 0.398 bits per heavy atom. The number of unbranched alkanes of at least 4 members (excludes halogenated alkanes) is 8. The summed E-state index contributed by atoms with van der Waals surface area (Å²) in [5.41, 5.74) is 4.02. The summed E-state index contributed by atoms with van der Waals surface area (Å²) in [6.45, 7) is 13.4. The van der Waals surface area contributed by atoms with Gasteiger partial charge in [0.2, 0.25) is 0 Å². The third-order valence-electron chi connectivity index (χ3n) is 17.0. The second-order valence-corrected chi connectivity index (χ2v) is 34.0. The maximum absolute atomic E-state index is 17.5. The minimum absolute atomic E-state index is 0.264. The van der Waals surface area contributed by atoms with Crippen LogP contribution >= 0.6 is 91.5 Å². The molecule has 4 nitrogen and oxygen atoms in total. The fraction of sp³-hybridized carbons (Fsp3) is 0.438. The first-order valence-electron chi connectivity index (χ1n) is 29.7. The van der Waals surface area contributed by atoms with Gasteiger partial charge in [-0.15, -0.1) is 68.0 Å². The number of rotatable bonds is 28. The highest BCUT2D eigenvalue weighted by Crippen LogP contribution is 2.53. The van der Waals surface area contributed by atoms with Gasteiger partial charge >= 0.3 is 0 Å². The number of halogens is 6. The minimum Gasteiger partial charge on any atom is -0.206 e. The summed E-state index contributed by atoms with van der Waals surface area (Å²) in [6.07, 6.45) is 17.6. The number of hydrogen-bond acceptors (Lipinski definition) is 12. The van der Waals surface area contributed by atoms with Gasteiger partial charge in [-0.25, -0.2) is 26.3 Å². The Morgan fingerprint density at radius 2 is 0.795 bits per heavy atom. The van der Waals surface area contributed by atoms with Crippen LogP contribution in [0.5, 0.6) is 0 Å². The molecule has 0 amide bonds. The highest BCUT2D eigenvalue weighted by atomic mass is 32.1. The highest BCUT2D eigenvalue weighted by Gasteiger charge is 2.50. The molecule has 0 N–H and O–H groups in total. The third-order valence-corrected chi connectivity index (χ3v) is 31.2. The van der Waals surface area contributed by atoms with Crippen LogP contribution in [0.1, 0.15) is 154 Å². The molecule has 0 saturated carbocycles. The molecule has 10 aromatic rings. The van der Waals surface area contributed by atoms with Crippen LogP contribution in [0.15, 0.2) is 48.5 Å². The van der Waals surface area contributed by atoms with E-state index in [1.165, 1.54) is 55.7 Å². The van der Waals surface area contributed by atoms with Gasteiger partial charge in [0.15, 0.2) is 23.3 Å². The van der Waals surface area contributed by atoms with Gasteiger partial charge in [0, 0.05) is 59.9 Å². The normalized spacial score (nSPS) is 13.8. The predicted molar refractivity (Wildman–Crippen MR) is 350 cm³/mol. The molecule has 0 aliphatic carbocycles. The van der Waals surface area contributed by atoms with Crippen LogP contribution in [0.4, 0.5) is 26.3 Å². The van der Waals surface area contributed by atoms with Crippen molar-refractivity contribution in [3.63, 3.8) is 0 Å². The second kappa shape index (κ2) is 26.6. The van der Waals surface area contributed by atoms with Gasteiger partial charge in [-0.05, 0) is 109 Å². The van der Waals surface area contributed by atoms with Crippen molar-refractivity contribution >= 4 is 132 Å². The molecule has 2 aromatic carbocycles. The van der Waals surface area contributed by atoms with Gasteiger partial charge in [-0.1, -0.05) is 131 Å². The second-order valence-electron chi connectivity index (χ2n) is 22.4. The predicted octanol–water partition coefficient (Wildman–Crippen LogP) is 23.1. The first kappa shape index (κ1) is 60.8. The van der Waals surface area contributed by atoms with E-state index < -0.39 is 43.0 Å². The van der Waals surface area contributed by atoms with Crippen molar-refractivity contribution in [2.45, 2.75) is 169 Å². The van der Waals surface area contributed by atoms with Crippen LogP contribution in [0.3, 0.4) is 0 Å². The molecular formula is C64H68F6N4S8Si. The number of fused-ring (bicyclic) bond motifs is 5. The summed E-state index contributed by atoms with van der Waals surface area (Å²) < 4.78 is 116. The Hall–Kier alpha value is -3.92. The van der Waals surface area contributed by atoms with Gasteiger partial charge in [-0.2, -0.15) is 17.5 Å². The average molecular weight is 1290 g/mol. The lowest BCUT2D eigenvalue weighted by Gasteiger charge is -2.35. The zero-order valence-electron chi connectivity index (χ0n) is 47.7. The number of nitrogens with zero attached hydrogens (tertiary/aromatic N) is 4. The van der Waals surface area contributed by atoms with Gasteiger partial charge < -0.3 is 0 Å². The van der Waals surface area contributed by atoms with Crippen molar-refractivity contribution in [2.24, 2.45) is 11.8 Å². The Bertz CT molecular complexity index is 3640. The summed E-state index contributed by atoms with van der Waals surface area (Å²) in [6, 6.07) is 17.0. The van der Waals surface area contributed by atoms with Crippen LogP contribution in [0.2, 0.25) is 12.1 Å². The van der Waals surface area contributed by atoms with Crippen LogP contribution in [-0.2, 0) is 12.8 Å². The topological polar surface area (TPSA) is 51.6 Å². The highest BCUT2D eigenvalue weighted by molar-refractivity contribution is 7.32. The Morgan fingerprint density at radius 3 is 1.19 bits per heavy atom. The largest absolute Gasteiger partial charge is 0.206 e. The first-order chi connectivity index (χ1) is 40.4. The smallest absolute Gasteiger partial charge is 0.178 e. The molecule has 1 aliphatic heterocycles. The van der Waals surface area contributed by atoms with Gasteiger partial charge in [0.05, 0.1) is 44.3 Å². The molecule has 2 unspecified atom stereocenters. The molecule has 0 spiro atoms. The summed E-state index contributed by atoms with van der Waals surface area (Å²) in [7, 11) is -2.73. The van der Waals surface area contributed by atoms with Crippen LogP contribution < -0.4 is 10.4 Å². The lowest BCUT2D eigenvalue weighted by Crippen LogP contribution is -2.56. The van der Waals surface area contributed by atoms with Gasteiger partial charge in [0.1, 0.15) is 41.8 Å². The third kappa shape index (κ3) is 11.8. The maximum Gasteiger partial charge on any atom is 0.178 e. The molecule has 19 heteroatoms. The molecule has 11 rings (SSSR count). The van der Waals surface area contributed by atoms with Crippen molar-refractivity contribution in [1.82, 2.24) is 17.5 Å². The molecule has 8 aromatic heterocycles. The molecule has 9 heterocycles. The van der Waals surface area contributed by atoms with Crippen molar-refractivity contribution < 1.29 is 26.3 Å². The van der Waals surface area contributed by atoms with E-state index in [9.17, 15) is 0 Å². The van der Waals surface area contributed by atoms with E-state index in [1.807, 2.05) is 12.1 Å². The molecule has 0 radical (unpaired) electrons. The van der Waals surface area contributed by atoms with Crippen LogP contribution in [0, 0.1) is 46.7 Å². The van der Waals surface area contributed by atoms with Crippen molar-refractivity contribution in [2.75, 3.05) is 0 Å². The standard InChI is InChI=1S/C64H68F6N4S8Si/c1-7-13-17-19-23-43-53(67)55(69)61(77-43)45-27-25-41(75-45)37-29-39(65)51(59-57(37)71-81-73-59)47-31-49-63(79-47)64-50(83(49,33-35(11-5)21-15-9-3)34-36(12-6)22-16-10-4)32-48(80-64)52-40(66)30-38(58-60(52)74-82-72-58)42-26-28-46(76-42)62-56(70)54(68)44(78-62)24-20-18-14-8-2/h25-32,35-36H,7-24,33-34H2,1-6H3. The first-order valence-corrected chi connectivity index (χ1v) is 38.5. The average Bonchev–Trinajstić information content (AvgIpc) is 2.66. The quantitative estimate of drug-likeness (QED) is 0.0279. The van der Waals surface area contributed by atoms with E-state index in [-0.39, 0.29) is 9.75 Å². The molecule has 0 fully saturated rings. The summed E-state index contributed by atoms with van der Waals surface area (Å²) >= 11 is 10.2. The van der Waals surface area contributed by atoms with Gasteiger partial charge in [-0.3, -0.25) is 0 Å². The van der Waals surface area contributed by atoms with Crippen LogP contribution in [-0.4, -0.2) is 25.6 Å². The fourth-order valence-electron chi connectivity index (χ4n) is 12.4. The minimum atomic E-state index is -2.73. The van der Waals surface area contributed by atoms with E-state index >= 15 is 26.3 Å². The van der Waals surface area contributed by atoms with Crippen molar-refractivity contribution in [3.05, 3.63) is 93.2 Å². The van der Waals surface area contributed by atoms with Crippen molar-refractivity contribution in [3.8, 4) is 71.0 Å². The summed E-state index contributed by atoms with van der Waals surface area (Å²) in [4.78, 5) is 7.79. The van der Waals surface area contributed by atoms with E-state index in [2.05, 4.69) is 53.7 Å². The number of thiophene rings is 6. The van der Waals surface area contributed by atoms with Gasteiger partial charge in [0.25, 0.3) is 0 Å². The van der Waals surface area contributed by atoms with E-state index in [0.29, 0.717) is 98.3 Å². The van der Waals surface area contributed by atoms with E-state index in [1.54, 1.807) is 46.9 Å². The Balaban J connectivity index is 1.00. The lowest BCUT2D eigenvalue weighted by atomic mass is 10.0. The Kier molecular flexibility index (Phi) is 19.5. The molecular weight excluding hydrogens is 1220 g/mol. The molecule has 438 valence electrons. The fourth-order valence-corrected chi connectivity index (χ4v) is 28.5. The number of aryl methyl sites for hydroxylation is 2. The van der Waals surface area contributed by atoms with Crippen LogP contribution in [0.25, 0.3) is 93.1 Å². The van der Waals surface area contributed by atoms with E-state index in [0.717, 1.165) is 158 Å². The number of aromatic nitrogens is 4. The molecule has 0 bridgehead atoms. The Labute approximate surface area is 516 Å². The molecule has 83 heavy (non-hydrogen) atoms. The van der Waals surface area contributed by atoms with Crippen molar-refractivity contribution in [1.29, 1.82) is 0 Å². The summed E-state index contributed by atoms with van der Waals surface area (Å²) in [5.74, 6) is -3.12. The SMILES string of the molecule is CCCCCCc1sc(-c2ccc(-c3cc(F)c(-c4cc5c(s4)-c4sc(-c6c(F)cc(-c7ccc(-c8sc(CCCCCC)c(F)c8F)s7)c7nsnc67)cc4[Si]5(CC(CC)CCCC)CC(CC)CCCC)c4nsnc34)s2)c(F)c1F. The zero-order valence-corrected chi connectivity index (χ0v) is 55.3. The zero-order chi connectivity index (χ0) is 58.1. The molecule has 1 aliphatic rings. The maximum atomic E-state index is 17.5.